The Morgan fingerprint density at radius 1 is 1.22 bits per heavy atom. The number of pyridine rings is 1. The topological polar surface area (TPSA) is 45.9 Å². The highest BCUT2D eigenvalue weighted by molar-refractivity contribution is 6.32. The van der Waals surface area contributed by atoms with E-state index in [-0.39, 0.29) is 27.4 Å². The molecule has 0 aliphatic rings. The van der Waals surface area contributed by atoms with Crippen molar-refractivity contribution in [2.45, 2.75) is 0 Å². The third-order valence-electron chi connectivity index (χ3n) is 2.01. The van der Waals surface area contributed by atoms with Gasteiger partial charge in [0, 0.05) is 12.1 Å². The fourth-order valence-electron chi connectivity index (χ4n) is 1.26. The molecular formula is C12H5Cl2FN2O. The highest BCUT2D eigenvalue weighted by Gasteiger charge is 2.08. The van der Waals surface area contributed by atoms with Crippen LogP contribution in [0.3, 0.4) is 0 Å². The maximum atomic E-state index is 13.0. The Hall–Kier alpha value is -1.83. The van der Waals surface area contributed by atoms with Gasteiger partial charge in [-0.05, 0) is 18.2 Å². The van der Waals surface area contributed by atoms with Crippen LogP contribution in [0.15, 0.2) is 30.3 Å². The monoisotopic (exact) mass is 282 g/mol. The maximum Gasteiger partial charge on any atom is 0.222 e. The molecule has 0 amide bonds. The molecule has 3 nitrogen and oxygen atoms in total. The van der Waals surface area contributed by atoms with E-state index in [1.54, 1.807) is 0 Å². The number of nitrogens with zero attached hydrogens (tertiary/aromatic N) is 2. The Bertz CT molecular complexity index is 640. The molecule has 2 rings (SSSR count). The first-order valence-electron chi connectivity index (χ1n) is 4.79. The van der Waals surface area contributed by atoms with Crippen molar-refractivity contribution in [2.24, 2.45) is 0 Å². The van der Waals surface area contributed by atoms with Crippen molar-refractivity contribution in [1.29, 1.82) is 5.26 Å². The van der Waals surface area contributed by atoms with Gasteiger partial charge in [0.2, 0.25) is 5.88 Å². The summed E-state index contributed by atoms with van der Waals surface area (Å²) in [5, 5.41) is 9.11. The molecule has 1 aromatic heterocycles. The molecule has 0 unspecified atom stereocenters. The molecule has 6 heteroatoms. The second kappa shape index (κ2) is 5.21. The molecule has 0 atom stereocenters. The summed E-state index contributed by atoms with van der Waals surface area (Å²) < 4.78 is 18.3. The first kappa shape index (κ1) is 12.6. The van der Waals surface area contributed by atoms with E-state index < -0.39 is 5.82 Å². The molecule has 1 heterocycles. The predicted octanol–water partition coefficient (Wildman–Crippen LogP) is 4.19. The van der Waals surface area contributed by atoms with E-state index in [0.29, 0.717) is 0 Å². The molecule has 1 aromatic carbocycles. The van der Waals surface area contributed by atoms with E-state index in [1.807, 2.05) is 6.07 Å². The van der Waals surface area contributed by atoms with Gasteiger partial charge in [-0.2, -0.15) is 5.26 Å². The number of hydrogen-bond donors (Lipinski definition) is 0. The molecular weight excluding hydrogens is 278 g/mol. The van der Waals surface area contributed by atoms with Crippen LogP contribution in [0.1, 0.15) is 5.56 Å². The summed E-state index contributed by atoms with van der Waals surface area (Å²) in [6.07, 6.45) is 0. The van der Waals surface area contributed by atoms with Gasteiger partial charge >= 0.3 is 0 Å². The van der Waals surface area contributed by atoms with E-state index in [4.69, 9.17) is 33.2 Å². The molecule has 2 aromatic rings. The summed E-state index contributed by atoms with van der Waals surface area (Å²) in [6, 6.07) is 8.38. The summed E-state index contributed by atoms with van der Waals surface area (Å²) in [5.74, 6) is -0.307. The molecule has 0 radical (unpaired) electrons. The van der Waals surface area contributed by atoms with Gasteiger partial charge in [0.15, 0.2) is 5.75 Å². The highest BCUT2D eigenvalue weighted by atomic mass is 35.5. The molecule has 0 bridgehead atoms. The first-order valence-corrected chi connectivity index (χ1v) is 5.54. The van der Waals surface area contributed by atoms with Gasteiger partial charge in [-0.1, -0.05) is 23.2 Å². The van der Waals surface area contributed by atoms with Crippen LogP contribution in [0, 0.1) is 17.1 Å². The lowest BCUT2D eigenvalue weighted by atomic mass is 10.3. The lowest BCUT2D eigenvalue weighted by molar-refractivity contribution is 0.458. The zero-order chi connectivity index (χ0) is 13.1. The number of benzene rings is 1. The van der Waals surface area contributed by atoms with Gasteiger partial charge in [-0.15, -0.1) is 0 Å². The zero-order valence-electron chi connectivity index (χ0n) is 8.82. The van der Waals surface area contributed by atoms with Crippen molar-refractivity contribution in [1.82, 2.24) is 4.98 Å². The molecule has 90 valence electrons. The lowest BCUT2D eigenvalue weighted by Gasteiger charge is -2.07. The third kappa shape index (κ3) is 2.89. The van der Waals surface area contributed by atoms with Crippen molar-refractivity contribution >= 4 is 23.2 Å². The number of ether oxygens (including phenoxy) is 1. The quantitative estimate of drug-likeness (QED) is 0.776. The van der Waals surface area contributed by atoms with E-state index in [1.165, 1.54) is 24.3 Å². The van der Waals surface area contributed by atoms with Gasteiger partial charge in [-0.25, -0.2) is 9.37 Å². The smallest absolute Gasteiger partial charge is 0.222 e. The van der Waals surface area contributed by atoms with Gasteiger partial charge in [0.05, 0.1) is 16.7 Å². The molecule has 0 fully saturated rings. The third-order valence-corrected chi connectivity index (χ3v) is 2.51. The Balaban J connectivity index is 2.37. The summed E-state index contributed by atoms with van der Waals surface area (Å²) in [7, 11) is 0. The largest absolute Gasteiger partial charge is 0.437 e. The van der Waals surface area contributed by atoms with E-state index in [9.17, 15) is 4.39 Å². The van der Waals surface area contributed by atoms with Crippen LogP contribution in [-0.2, 0) is 0 Å². The minimum Gasteiger partial charge on any atom is -0.437 e. The Morgan fingerprint density at radius 3 is 2.72 bits per heavy atom. The zero-order valence-corrected chi connectivity index (χ0v) is 10.3. The number of aromatic nitrogens is 1. The van der Waals surface area contributed by atoms with Crippen molar-refractivity contribution in [3.05, 3.63) is 51.9 Å². The Morgan fingerprint density at radius 2 is 2.00 bits per heavy atom. The van der Waals surface area contributed by atoms with E-state index in [0.717, 1.165) is 6.07 Å². The summed E-state index contributed by atoms with van der Waals surface area (Å²) in [5.41, 5.74) is 0.289. The normalized spacial score (nSPS) is 9.89. The molecule has 0 aliphatic heterocycles. The molecule has 0 saturated carbocycles. The standard InChI is InChI=1S/C12H5Cl2FN2O/c13-9-2-1-8(15)5-10(9)18-12-4-7(6-16)3-11(14)17-12/h1-5H. The van der Waals surface area contributed by atoms with Crippen LogP contribution in [0.2, 0.25) is 10.2 Å². The van der Waals surface area contributed by atoms with Crippen LogP contribution >= 0.6 is 23.2 Å². The van der Waals surface area contributed by atoms with Gasteiger partial charge < -0.3 is 4.74 Å². The minimum absolute atomic E-state index is 0.0755. The van der Waals surface area contributed by atoms with Crippen LogP contribution in [-0.4, -0.2) is 4.98 Å². The summed E-state index contributed by atoms with van der Waals surface area (Å²) in [6.45, 7) is 0. The van der Waals surface area contributed by atoms with Crippen molar-refractivity contribution in [3.8, 4) is 17.7 Å². The van der Waals surface area contributed by atoms with E-state index in [2.05, 4.69) is 4.98 Å². The highest BCUT2D eigenvalue weighted by Crippen LogP contribution is 2.30. The fraction of sp³-hybridized carbons (Fsp3) is 0. The number of hydrogen-bond acceptors (Lipinski definition) is 3. The maximum absolute atomic E-state index is 13.0. The Labute approximate surface area is 112 Å². The van der Waals surface area contributed by atoms with Crippen LogP contribution in [0.25, 0.3) is 0 Å². The van der Waals surface area contributed by atoms with Crippen molar-refractivity contribution in [3.63, 3.8) is 0 Å². The van der Waals surface area contributed by atoms with Gasteiger partial charge in [-0.3, -0.25) is 0 Å². The van der Waals surface area contributed by atoms with Crippen molar-refractivity contribution in [2.75, 3.05) is 0 Å². The van der Waals surface area contributed by atoms with E-state index >= 15 is 0 Å². The fourth-order valence-corrected chi connectivity index (χ4v) is 1.61. The lowest BCUT2D eigenvalue weighted by Crippen LogP contribution is -1.91. The molecule has 0 saturated heterocycles. The minimum atomic E-state index is -0.489. The van der Waals surface area contributed by atoms with Crippen molar-refractivity contribution < 1.29 is 9.13 Å². The molecule has 0 N–H and O–H groups in total. The second-order valence-corrected chi connectivity index (χ2v) is 4.10. The van der Waals surface area contributed by atoms with Crippen LogP contribution < -0.4 is 4.74 Å². The number of nitriles is 1. The number of halogens is 3. The van der Waals surface area contributed by atoms with Gasteiger partial charge in [0.25, 0.3) is 0 Å². The molecule has 18 heavy (non-hydrogen) atoms. The second-order valence-electron chi connectivity index (χ2n) is 3.31. The molecule has 0 spiro atoms. The predicted molar refractivity (Wildman–Crippen MR) is 65.4 cm³/mol. The Kier molecular flexibility index (Phi) is 3.66. The van der Waals surface area contributed by atoms with Crippen LogP contribution in [0.5, 0.6) is 11.6 Å². The van der Waals surface area contributed by atoms with Crippen LogP contribution in [0.4, 0.5) is 4.39 Å². The first-order chi connectivity index (χ1) is 8.58. The average molecular weight is 283 g/mol. The summed E-state index contributed by atoms with van der Waals surface area (Å²) in [4.78, 5) is 3.86. The number of rotatable bonds is 2. The average Bonchev–Trinajstić information content (AvgIpc) is 2.33. The SMILES string of the molecule is N#Cc1cc(Cl)nc(Oc2cc(F)ccc2Cl)c1. The summed E-state index contributed by atoms with van der Waals surface area (Å²) >= 11 is 11.6. The van der Waals surface area contributed by atoms with Gasteiger partial charge in [0.1, 0.15) is 11.0 Å². The molecule has 0 aliphatic carbocycles.